The van der Waals surface area contributed by atoms with Gasteiger partial charge in [0.05, 0.1) is 31.5 Å². The molecule has 6 rings (SSSR count). The van der Waals surface area contributed by atoms with E-state index >= 15 is 8.78 Å². The molecule has 42 heavy (non-hydrogen) atoms. The summed E-state index contributed by atoms with van der Waals surface area (Å²) in [5.41, 5.74) is 8.08. The molecule has 0 amide bonds. The predicted octanol–water partition coefficient (Wildman–Crippen LogP) is -1.26. The number of nitrogens with two attached hydrogens (primary N) is 2. The highest BCUT2D eigenvalue weighted by atomic mass is 32.5. The molecule has 0 bridgehead atoms. The number of aromatic nitrogens is 7. The third kappa shape index (κ3) is 4.46. The van der Waals surface area contributed by atoms with Crippen LogP contribution < -0.4 is 17.0 Å². The molecule has 17 nitrogen and oxygen atoms in total. The molecule has 0 aromatic carbocycles. The van der Waals surface area contributed by atoms with Crippen LogP contribution in [0.5, 0.6) is 0 Å². The number of imidazole rings is 1. The summed E-state index contributed by atoms with van der Waals surface area (Å²) < 4.78 is 55.8. The highest BCUT2D eigenvalue weighted by Gasteiger charge is 2.57. The van der Waals surface area contributed by atoms with Crippen molar-refractivity contribution in [3.8, 4) is 0 Å². The number of H-pyrrole nitrogens is 1. The number of aliphatic hydroxyl groups excluding tert-OH is 2. The first kappa shape index (κ1) is 28.9. The number of aliphatic hydroxyl groups is 2. The lowest BCUT2D eigenvalue weighted by molar-refractivity contribution is -0.0745. The van der Waals surface area contributed by atoms with E-state index in [1.165, 1.54) is 12.3 Å². The van der Waals surface area contributed by atoms with Gasteiger partial charge in [-0.2, -0.15) is 4.98 Å². The predicted molar refractivity (Wildman–Crippen MR) is 143 cm³/mol. The van der Waals surface area contributed by atoms with Crippen LogP contribution in [-0.4, -0.2) is 100 Å². The topological polar surface area (TPSA) is 244 Å². The van der Waals surface area contributed by atoms with Gasteiger partial charge in [-0.1, -0.05) is 0 Å². The fourth-order valence-corrected chi connectivity index (χ4v) is 6.65. The van der Waals surface area contributed by atoms with Crippen LogP contribution in [0.1, 0.15) is 0 Å². The van der Waals surface area contributed by atoms with Gasteiger partial charge in [0.25, 0.3) is 5.56 Å². The molecular formula is C21H24F2N9O8PS. The Hall–Kier alpha value is -3.20. The number of nitrogens with one attached hydrogen (secondary N) is 1. The lowest BCUT2D eigenvalue weighted by atomic mass is 10.1. The SMILES string of the molecule is Nc1nc2c(ncn2[C@@]2(OP(O)(=S)OC[C@H]3OC[C@@](F)(n4ccc5c(N)ncnc54)[C@@H]3O)CO[C@H](CO)[C@H]2F)c(=O)[nH]1. The molecule has 226 valence electrons. The summed E-state index contributed by atoms with van der Waals surface area (Å²) >= 11 is 5.14. The second-order valence-electron chi connectivity index (χ2n) is 9.67. The Kier molecular flexibility index (Phi) is 7.03. The minimum Gasteiger partial charge on any atom is -0.394 e. The quantitative estimate of drug-likeness (QED) is 0.124. The smallest absolute Gasteiger partial charge is 0.326 e. The average molecular weight is 632 g/mol. The Balaban J connectivity index is 1.25. The maximum Gasteiger partial charge on any atom is 0.326 e. The van der Waals surface area contributed by atoms with Gasteiger partial charge in [0.2, 0.25) is 17.5 Å². The molecule has 0 aliphatic carbocycles. The maximum atomic E-state index is 16.1. The molecular weight excluding hydrogens is 607 g/mol. The van der Waals surface area contributed by atoms with Gasteiger partial charge in [0.1, 0.15) is 42.7 Å². The van der Waals surface area contributed by atoms with Crippen molar-refractivity contribution in [2.24, 2.45) is 0 Å². The second kappa shape index (κ2) is 10.2. The van der Waals surface area contributed by atoms with Gasteiger partial charge in [-0.3, -0.25) is 23.4 Å². The number of ether oxygens (including phenoxy) is 2. The largest absolute Gasteiger partial charge is 0.394 e. The Bertz CT molecular complexity index is 1770. The molecule has 2 saturated heterocycles. The molecule has 0 radical (unpaired) electrons. The molecule has 2 aliphatic heterocycles. The Labute approximate surface area is 238 Å². The van der Waals surface area contributed by atoms with Crippen molar-refractivity contribution in [1.29, 1.82) is 0 Å². The van der Waals surface area contributed by atoms with Crippen molar-refractivity contribution in [2.45, 2.75) is 36.0 Å². The van der Waals surface area contributed by atoms with E-state index < -0.39 is 74.7 Å². The number of fused-ring (bicyclic) bond motifs is 2. The summed E-state index contributed by atoms with van der Waals surface area (Å²) in [5.74, 6) is -2.71. The number of halogens is 2. The van der Waals surface area contributed by atoms with E-state index in [1.807, 2.05) is 0 Å². The van der Waals surface area contributed by atoms with Crippen LogP contribution in [0.4, 0.5) is 20.5 Å². The summed E-state index contributed by atoms with van der Waals surface area (Å²) in [6.45, 7) is -7.17. The molecule has 0 saturated carbocycles. The molecule has 2 aliphatic rings. The maximum absolute atomic E-state index is 16.1. The number of aromatic amines is 1. The van der Waals surface area contributed by atoms with Gasteiger partial charge in [-0.25, -0.2) is 23.7 Å². The van der Waals surface area contributed by atoms with E-state index in [9.17, 15) is 19.9 Å². The van der Waals surface area contributed by atoms with Crippen LogP contribution in [-0.2, 0) is 41.8 Å². The van der Waals surface area contributed by atoms with E-state index in [2.05, 4.69) is 24.9 Å². The lowest BCUT2D eigenvalue weighted by Crippen LogP contribution is -2.46. The number of nitrogens with zero attached hydrogens (tertiary/aromatic N) is 6. The van der Waals surface area contributed by atoms with Crippen molar-refractivity contribution in [3.05, 3.63) is 35.3 Å². The third-order valence-electron chi connectivity index (χ3n) is 7.17. The number of anilines is 2. The molecule has 2 fully saturated rings. The first-order valence-corrected chi connectivity index (χ1v) is 14.8. The highest BCUT2D eigenvalue weighted by molar-refractivity contribution is 8.07. The first-order chi connectivity index (χ1) is 19.9. The molecule has 7 atom stereocenters. The number of hydrogen-bond acceptors (Lipinski definition) is 14. The summed E-state index contributed by atoms with van der Waals surface area (Å²) in [6, 6.07) is 1.48. The number of alkyl halides is 2. The van der Waals surface area contributed by atoms with E-state index in [0.29, 0.717) is 5.39 Å². The van der Waals surface area contributed by atoms with Gasteiger partial charge < -0.3 is 40.6 Å². The van der Waals surface area contributed by atoms with Crippen molar-refractivity contribution >= 4 is 52.5 Å². The van der Waals surface area contributed by atoms with Crippen molar-refractivity contribution < 1.29 is 42.4 Å². The Morgan fingerprint density at radius 2 is 1.98 bits per heavy atom. The van der Waals surface area contributed by atoms with Gasteiger partial charge in [-0.05, 0) is 17.9 Å². The standard InChI is InChI=1S/C21H24F2N9O8PS/c22-13-10(3-33)38-6-21(13,32-8-28-12-17(32)29-19(25)30-18(12)35)40-41(36,42)39-4-11-14(34)20(23,5-37-11)31-2-1-9-15(24)26-7-27-16(9)31/h1-2,7-8,10-11,13-14,33-34H,3-6H2,(H,36,42)(H2,24,26,27)(H3,25,29,30,35)/t10-,11-,13-,14-,20-,21-,41?/m1/s1. The number of nitrogen functional groups attached to an aromatic ring is 2. The first-order valence-electron chi connectivity index (χ1n) is 12.2. The minimum absolute atomic E-state index is 0.112. The van der Waals surface area contributed by atoms with E-state index in [4.69, 9.17) is 41.8 Å². The summed E-state index contributed by atoms with van der Waals surface area (Å²) in [4.78, 5) is 41.4. The third-order valence-corrected chi connectivity index (χ3v) is 8.73. The fraction of sp³-hybridized carbons (Fsp3) is 0.476. The molecule has 8 N–H and O–H groups in total. The Morgan fingerprint density at radius 3 is 2.71 bits per heavy atom. The van der Waals surface area contributed by atoms with Gasteiger partial charge >= 0.3 is 6.72 Å². The molecule has 4 aromatic heterocycles. The van der Waals surface area contributed by atoms with Crippen LogP contribution in [0.2, 0.25) is 0 Å². The zero-order chi connectivity index (χ0) is 30.0. The minimum atomic E-state index is -4.47. The molecule has 4 aromatic rings. The van der Waals surface area contributed by atoms with Crippen LogP contribution in [0.25, 0.3) is 22.2 Å². The zero-order valence-corrected chi connectivity index (χ0v) is 23.0. The van der Waals surface area contributed by atoms with Gasteiger partial charge in [0, 0.05) is 6.20 Å². The van der Waals surface area contributed by atoms with E-state index in [-0.39, 0.29) is 28.6 Å². The number of rotatable bonds is 8. The average Bonchev–Trinajstić information content (AvgIpc) is 3.70. The zero-order valence-electron chi connectivity index (χ0n) is 21.3. The van der Waals surface area contributed by atoms with Crippen molar-refractivity contribution in [2.75, 3.05) is 37.9 Å². The fourth-order valence-electron chi connectivity index (χ4n) is 5.05. The van der Waals surface area contributed by atoms with Crippen LogP contribution in [0, 0.1) is 0 Å². The van der Waals surface area contributed by atoms with E-state index in [1.54, 1.807) is 0 Å². The lowest BCUT2D eigenvalue weighted by Gasteiger charge is -2.34. The van der Waals surface area contributed by atoms with Crippen molar-refractivity contribution in [3.63, 3.8) is 0 Å². The second-order valence-corrected chi connectivity index (χ2v) is 12.4. The highest BCUT2D eigenvalue weighted by Crippen LogP contribution is 2.54. The summed E-state index contributed by atoms with van der Waals surface area (Å²) in [6.07, 6.45) is -3.31. The summed E-state index contributed by atoms with van der Waals surface area (Å²) in [7, 11) is 0. The van der Waals surface area contributed by atoms with Gasteiger partial charge in [-0.15, -0.1) is 0 Å². The van der Waals surface area contributed by atoms with Crippen molar-refractivity contribution in [1.82, 2.24) is 34.1 Å². The molecule has 21 heteroatoms. The normalized spacial score (nSPS) is 31.3. The molecule has 1 unspecified atom stereocenters. The monoisotopic (exact) mass is 631 g/mol. The molecule has 0 spiro atoms. The summed E-state index contributed by atoms with van der Waals surface area (Å²) in [5, 5.41) is 20.8. The van der Waals surface area contributed by atoms with E-state index in [0.717, 1.165) is 21.8 Å². The Morgan fingerprint density at radius 1 is 1.21 bits per heavy atom. The van der Waals surface area contributed by atoms with Crippen LogP contribution in [0.3, 0.4) is 0 Å². The molecule has 6 heterocycles. The number of hydrogen-bond donors (Lipinski definition) is 6. The van der Waals surface area contributed by atoms with Crippen LogP contribution >= 0.6 is 6.72 Å². The van der Waals surface area contributed by atoms with Crippen LogP contribution in [0.15, 0.2) is 29.7 Å². The van der Waals surface area contributed by atoms with Gasteiger partial charge in [0.15, 0.2) is 17.3 Å².